The minimum atomic E-state index is -0.418. The maximum absolute atomic E-state index is 11.3. The molecule has 0 aromatic heterocycles. The maximum atomic E-state index is 11.3. The summed E-state index contributed by atoms with van der Waals surface area (Å²) in [5.41, 5.74) is 1.76. The molecule has 1 aromatic rings. The van der Waals surface area contributed by atoms with E-state index >= 15 is 0 Å². The van der Waals surface area contributed by atoms with Crippen LogP contribution in [-0.2, 0) is 4.74 Å². The summed E-state index contributed by atoms with van der Waals surface area (Å²) in [6.07, 6.45) is -0.418. The van der Waals surface area contributed by atoms with Gasteiger partial charge in [-0.2, -0.15) is 0 Å². The van der Waals surface area contributed by atoms with Crippen molar-refractivity contribution in [2.75, 3.05) is 26.2 Å². The number of amides is 1. The molecule has 4 heteroatoms. The van der Waals surface area contributed by atoms with Crippen LogP contribution < -0.4 is 9.64 Å². The van der Waals surface area contributed by atoms with Crippen molar-refractivity contribution in [1.29, 1.82) is 0 Å². The van der Waals surface area contributed by atoms with Crippen LogP contribution >= 0.6 is 0 Å². The van der Waals surface area contributed by atoms with Gasteiger partial charge in [0.2, 0.25) is 0 Å². The van der Waals surface area contributed by atoms with E-state index in [2.05, 4.69) is 4.74 Å². The molecule has 0 saturated carbocycles. The van der Waals surface area contributed by atoms with E-state index in [9.17, 15) is 4.79 Å². The number of nitrogens with zero attached hydrogens (tertiary/aromatic N) is 1. The standard InChI is InChI=1S/C11H15NO3/c1-8-5-6-10(14-3)9(7-8)12(2)11(13)15-4/h5-7H,1-4H3. The Labute approximate surface area is 89.4 Å². The number of hydrogen-bond donors (Lipinski definition) is 0. The molecule has 0 aliphatic rings. The van der Waals surface area contributed by atoms with Gasteiger partial charge in [0.1, 0.15) is 5.75 Å². The van der Waals surface area contributed by atoms with Gasteiger partial charge in [-0.05, 0) is 24.6 Å². The van der Waals surface area contributed by atoms with Crippen molar-refractivity contribution < 1.29 is 14.3 Å². The number of anilines is 1. The predicted molar refractivity (Wildman–Crippen MR) is 58.5 cm³/mol. The molecule has 0 unspecified atom stereocenters. The quantitative estimate of drug-likeness (QED) is 0.749. The van der Waals surface area contributed by atoms with Crippen LogP contribution in [0.15, 0.2) is 18.2 Å². The Morgan fingerprint density at radius 1 is 1.33 bits per heavy atom. The fraction of sp³-hybridized carbons (Fsp3) is 0.364. The van der Waals surface area contributed by atoms with Crippen molar-refractivity contribution in [1.82, 2.24) is 0 Å². The molecule has 82 valence electrons. The lowest BCUT2D eigenvalue weighted by atomic mass is 10.2. The number of ether oxygens (including phenoxy) is 2. The zero-order valence-corrected chi connectivity index (χ0v) is 9.40. The van der Waals surface area contributed by atoms with Crippen LogP contribution in [0.5, 0.6) is 5.75 Å². The number of carbonyl (C=O) groups is 1. The molecule has 1 aromatic carbocycles. The van der Waals surface area contributed by atoms with Gasteiger partial charge in [0.05, 0.1) is 19.9 Å². The molecule has 0 atom stereocenters. The van der Waals surface area contributed by atoms with E-state index in [0.29, 0.717) is 11.4 Å². The second-order valence-corrected chi connectivity index (χ2v) is 3.20. The lowest BCUT2D eigenvalue weighted by molar-refractivity contribution is 0.180. The van der Waals surface area contributed by atoms with Crippen molar-refractivity contribution >= 4 is 11.8 Å². The summed E-state index contributed by atoms with van der Waals surface area (Å²) >= 11 is 0. The van der Waals surface area contributed by atoms with Gasteiger partial charge in [-0.3, -0.25) is 4.90 Å². The number of benzene rings is 1. The Morgan fingerprint density at radius 2 is 2.00 bits per heavy atom. The third-order valence-corrected chi connectivity index (χ3v) is 2.14. The first-order chi connectivity index (χ1) is 7.10. The number of rotatable bonds is 2. The zero-order valence-electron chi connectivity index (χ0n) is 9.40. The molecule has 0 saturated heterocycles. The van der Waals surface area contributed by atoms with E-state index in [1.54, 1.807) is 14.2 Å². The highest BCUT2D eigenvalue weighted by atomic mass is 16.5. The monoisotopic (exact) mass is 209 g/mol. The summed E-state index contributed by atoms with van der Waals surface area (Å²) in [4.78, 5) is 12.7. The normalized spacial score (nSPS) is 9.60. The first-order valence-electron chi connectivity index (χ1n) is 4.56. The Balaban J connectivity index is 3.10. The number of hydrogen-bond acceptors (Lipinski definition) is 3. The van der Waals surface area contributed by atoms with Gasteiger partial charge in [-0.1, -0.05) is 6.07 Å². The highest BCUT2D eigenvalue weighted by Crippen LogP contribution is 2.28. The summed E-state index contributed by atoms with van der Waals surface area (Å²) < 4.78 is 9.80. The molecule has 0 radical (unpaired) electrons. The molecular formula is C11H15NO3. The first-order valence-corrected chi connectivity index (χ1v) is 4.56. The summed E-state index contributed by atoms with van der Waals surface area (Å²) in [6, 6.07) is 5.62. The van der Waals surface area contributed by atoms with Crippen LogP contribution in [0.1, 0.15) is 5.56 Å². The second-order valence-electron chi connectivity index (χ2n) is 3.20. The average molecular weight is 209 g/mol. The fourth-order valence-corrected chi connectivity index (χ4v) is 1.30. The van der Waals surface area contributed by atoms with E-state index in [1.165, 1.54) is 12.0 Å². The van der Waals surface area contributed by atoms with Crippen LogP contribution in [0.25, 0.3) is 0 Å². The predicted octanol–water partition coefficient (Wildman–Crippen LogP) is 2.21. The van der Waals surface area contributed by atoms with Crippen LogP contribution in [0.4, 0.5) is 10.5 Å². The van der Waals surface area contributed by atoms with Gasteiger partial charge < -0.3 is 9.47 Å². The zero-order chi connectivity index (χ0) is 11.4. The van der Waals surface area contributed by atoms with Crippen molar-refractivity contribution in [3.63, 3.8) is 0 Å². The van der Waals surface area contributed by atoms with Crippen LogP contribution in [0.3, 0.4) is 0 Å². The Morgan fingerprint density at radius 3 is 2.53 bits per heavy atom. The molecule has 0 fully saturated rings. The van der Waals surface area contributed by atoms with Gasteiger partial charge in [0.15, 0.2) is 0 Å². The van der Waals surface area contributed by atoms with E-state index in [4.69, 9.17) is 4.74 Å². The van der Waals surface area contributed by atoms with Crippen molar-refractivity contribution in [2.45, 2.75) is 6.92 Å². The minimum absolute atomic E-state index is 0.418. The van der Waals surface area contributed by atoms with E-state index in [1.807, 2.05) is 25.1 Å². The molecule has 4 nitrogen and oxygen atoms in total. The lowest BCUT2D eigenvalue weighted by Crippen LogP contribution is -2.26. The van der Waals surface area contributed by atoms with Gasteiger partial charge in [-0.15, -0.1) is 0 Å². The largest absolute Gasteiger partial charge is 0.495 e. The maximum Gasteiger partial charge on any atom is 0.413 e. The summed E-state index contributed by atoms with van der Waals surface area (Å²) in [6.45, 7) is 1.95. The van der Waals surface area contributed by atoms with E-state index in [-0.39, 0.29) is 0 Å². The molecule has 0 aliphatic carbocycles. The minimum Gasteiger partial charge on any atom is -0.495 e. The molecule has 0 spiro atoms. The molecule has 1 amide bonds. The van der Waals surface area contributed by atoms with Gasteiger partial charge in [0.25, 0.3) is 0 Å². The first kappa shape index (κ1) is 11.4. The number of carbonyl (C=O) groups excluding carboxylic acids is 1. The molecule has 15 heavy (non-hydrogen) atoms. The molecule has 0 N–H and O–H groups in total. The molecule has 0 bridgehead atoms. The third kappa shape index (κ3) is 2.40. The SMILES string of the molecule is COC(=O)N(C)c1cc(C)ccc1OC. The average Bonchev–Trinajstić information content (AvgIpc) is 2.27. The summed E-state index contributed by atoms with van der Waals surface area (Å²) in [5.74, 6) is 0.647. The van der Waals surface area contributed by atoms with Gasteiger partial charge >= 0.3 is 6.09 Å². The van der Waals surface area contributed by atoms with Crippen molar-refractivity contribution in [2.24, 2.45) is 0 Å². The van der Waals surface area contributed by atoms with Gasteiger partial charge in [0, 0.05) is 7.05 Å². The van der Waals surface area contributed by atoms with Crippen LogP contribution in [0.2, 0.25) is 0 Å². The van der Waals surface area contributed by atoms with Gasteiger partial charge in [-0.25, -0.2) is 4.79 Å². The summed E-state index contributed by atoms with van der Waals surface area (Å²) in [5, 5.41) is 0. The van der Waals surface area contributed by atoms with Crippen LogP contribution in [0, 0.1) is 6.92 Å². The molecule has 1 rings (SSSR count). The second kappa shape index (κ2) is 4.68. The third-order valence-electron chi connectivity index (χ3n) is 2.14. The number of aryl methyl sites for hydroxylation is 1. The van der Waals surface area contributed by atoms with E-state index < -0.39 is 6.09 Å². The van der Waals surface area contributed by atoms with Crippen LogP contribution in [-0.4, -0.2) is 27.4 Å². The Kier molecular flexibility index (Phi) is 3.55. The number of methoxy groups -OCH3 is 2. The smallest absolute Gasteiger partial charge is 0.413 e. The molecule has 0 heterocycles. The van der Waals surface area contributed by atoms with Crippen molar-refractivity contribution in [3.05, 3.63) is 23.8 Å². The topological polar surface area (TPSA) is 38.8 Å². The highest BCUT2D eigenvalue weighted by Gasteiger charge is 2.15. The van der Waals surface area contributed by atoms with E-state index in [0.717, 1.165) is 5.56 Å². The Hall–Kier alpha value is -1.71. The molecule has 0 aliphatic heterocycles. The summed E-state index contributed by atoms with van der Waals surface area (Å²) in [7, 11) is 4.56. The lowest BCUT2D eigenvalue weighted by Gasteiger charge is -2.18. The fourth-order valence-electron chi connectivity index (χ4n) is 1.30. The Bertz CT molecular complexity index is 363. The molecular weight excluding hydrogens is 194 g/mol. The van der Waals surface area contributed by atoms with Crippen molar-refractivity contribution in [3.8, 4) is 5.75 Å². The highest BCUT2D eigenvalue weighted by molar-refractivity contribution is 5.89.